The zero-order valence-corrected chi connectivity index (χ0v) is 40.0. The Bertz CT molecular complexity index is 2490. The number of carbonyl (C=O) groups is 4. The van der Waals surface area contributed by atoms with Gasteiger partial charge in [-0.05, 0) is 107 Å². The number of unbranched alkanes of at least 4 members (excludes halogenated alkanes) is 1. The number of β-amino-alcohol motifs (C(OH)–C–C–N with tert-alkyl or cyclic N) is 1. The minimum atomic E-state index is -0.945. The number of carbonyl (C=O) groups excluding carboxylic acids is 4. The Morgan fingerprint density at radius 1 is 0.821 bits per heavy atom. The number of aromatic hydroxyl groups is 2. The van der Waals surface area contributed by atoms with Crippen molar-refractivity contribution >= 4 is 57.7 Å². The van der Waals surface area contributed by atoms with Gasteiger partial charge in [-0.25, -0.2) is 4.98 Å². The summed E-state index contributed by atoms with van der Waals surface area (Å²) >= 11 is 7.84. The molecule has 13 nitrogen and oxygen atoms in total. The molecule has 67 heavy (non-hydrogen) atoms. The number of aromatic nitrogens is 1. The summed E-state index contributed by atoms with van der Waals surface area (Å²) in [5, 5.41) is 39.1. The summed E-state index contributed by atoms with van der Waals surface area (Å²) in [6, 6.07) is 27.6. The number of benzene rings is 4. The minimum absolute atomic E-state index is 0.0194. The van der Waals surface area contributed by atoms with Crippen molar-refractivity contribution in [1.82, 2.24) is 25.8 Å². The molecule has 0 saturated carbocycles. The van der Waals surface area contributed by atoms with Crippen molar-refractivity contribution in [3.05, 3.63) is 131 Å². The predicted octanol–water partition coefficient (Wildman–Crippen LogP) is 7.98. The summed E-state index contributed by atoms with van der Waals surface area (Å²) in [7, 11) is 0. The number of likely N-dealkylation sites (tertiary alicyclic amines) is 1. The molecule has 1 aliphatic rings. The Morgan fingerprint density at radius 2 is 1.42 bits per heavy atom. The largest absolute Gasteiger partial charge is 0.508 e. The van der Waals surface area contributed by atoms with Gasteiger partial charge in [-0.2, -0.15) is 0 Å². The van der Waals surface area contributed by atoms with E-state index in [9.17, 15) is 34.5 Å². The van der Waals surface area contributed by atoms with Crippen LogP contribution < -0.4 is 20.7 Å². The van der Waals surface area contributed by atoms with Crippen LogP contribution in [0.15, 0.2) is 103 Å². The van der Waals surface area contributed by atoms with Crippen LogP contribution in [0.3, 0.4) is 0 Å². The summed E-state index contributed by atoms with van der Waals surface area (Å²) in [5.41, 5.74) is 8.63. The predicted molar refractivity (Wildman–Crippen MR) is 263 cm³/mol. The molecule has 1 fully saturated rings. The van der Waals surface area contributed by atoms with Crippen LogP contribution in [0.2, 0.25) is 0 Å². The monoisotopic (exact) mass is 949 g/mol. The van der Waals surface area contributed by atoms with Crippen molar-refractivity contribution in [2.24, 2.45) is 5.41 Å². The summed E-state index contributed by atoms with van der Waals surface area (Å²) in [5.74, 6) is -0.0110. The maximum absolute atomic E-state index is 14.0. The Kier molecular flexibility index (Phi) is 17.6. The molecule has 354 valence electrons. The van der Waals surface area contributed by atoms with Crippen LogP contribution in [0.4, 0.5) is 0 Å². The van der Waals surface area contributed by atoms with Gasteiger partial charge < -0.3 is 40.9 Å². The van der Waals surface area contributed by atoms with Crippen LogP contribution >= 0.6 is 22.9 Å². The minimum Gasteiger partial charge on any atom is -0.508 e. The van der Waals surface area contributed by atoms with Crippen LogP contribution in [0.5, 0.6) is 17.2 Å². The maximum Gasteiger partial charge on any atom is 0.246 e. The molecule has 0 aliphatic carbocycles. The number of hydrogen-bond donors (Lipinski definition) is 6. The molecule has 6 N–H and O–H groups in total. The molecule has 1 aliphatic heterocycles. The number of thiazole rings is 1. The maximum atomic E-state index is 14.0. The number of phenols is 2. The lowest BCUT2D eigenvalue weighted by Crippen LogP contribution is -2.57. The number of aliphatic hydroxyl groups excluding tert-OH is 1. The molecule has 0 bridgehead atoms. The van der Waals surface area contributed by atoms with Crippen LogP contribution in [0.1, 0.15) is 87.2 Å². The second kappa shape index (κ2) is 23.5. The number of nitrogens with zero attached hydrogens (tertiary/aromatic N) is 2. The normalized spacial score (nSPS) is 15.6. The summed E-state index contributed by atoms with van der Waals surface area (Å²) < 4.78 is 5.94. The average molecular weight is 951 g/mol. The van der Waals surface area contributed by atoms with E-state index in [1.54, 1.807) is 35.6 Å². The molecule has 2 heterocycles. The fourth-order valence-electron chi connectivity index (χ4n) is 8.06. The van der Waals surface area contributed by atoms with Crippen molar-refractivity contribution in [2.45, 2.75) is 91.0 Å². The van der Waals surface area contributed by atoms with Gasteiger partial charge in [0, 0.05) is 38.2 Å². The van der Waals surface area contributed by atoms with E-state index in [2.05, 4.69) is 20.9 Å². The lowest BCUT2D eigenvalue weighted by molar-refractivity contribution is -0.144. The van der Waals surface area contributed by atoms with Crippen molar-refractivity contribution in [1.29, 1.82) is 0 Å². The van der Waals surface area contributed by atoms with Gasteiger partial charge in [0.25, 0.3) is 0 Å². The number of rotatable bonds is 20. The first-order valence-electron chi connectivity index (χ1n) is 22.5. The van der Waals surface area contributed by atoms with Crippen LogP contribution in [-0.4, -0.2) is 92.6 Å². The van der Waals surface area contributed by atoms with Crippen LogP contribution in [0.25, 0.3) is 21.6 Å². The van der Waals surface area contributed by atoms with E-state index in [0.29, 0.717) is 30.9 Å². The molecule has 0 radical (unpaired) electrons. The number of hydrogen-bond acceptors (Lipinski definition) is 10. The van der Waals surface area contributed by atoms with Crippen molar-refractivity contribution < 1.29 is 39.2 Å². The van der Waals surface area contributed by atoms with E-state index in [4.69, 9.17) is 16.3 Å². The van der Waals surface area contributed by atoms with Gasteiger partial charge in [0.2, 0.25) is 23.6 Å². The standard InChI is InChI=1S/C52H60ClN5O8S/c1-33-48(67-32-56-33)38-11-9-34(10-12-38)30-55-50(64)44-29-41(61)31-58(44)51(65)49(52(2,3)4)57-46(63)8-6-5-7-45(62)54-27-28-66-42-23-17-37(18-24-42)47(36-15-21-40(60)22-16-36)43(25-26-53)35-13-19-39(59)20-14-35/h9-24,32,41,44,49,59-61H,5-8,25-31H2,1-4H3,(H,54,62)(H,55,64)(H,57,63)/t41-,44+,49?/m1/s1. The molecule has 15 heteroatoms. The first-order chi connectivity index (χ1) is 32.1. The number of allylic oxidation sites excluding steroid dienone is 1. The highest BCUT2D eigenvalue weighted by Crippen LogP contribution is 2.37. The Balaban J connectivity index is 0.938. The highest BCUT2D eigenvalue weighted by molar-refractivity contribution is 7.13. The number of aliphatic hydroxyl groups is 1. The molecule has 1 saturated heterocycles. The Morgan fingerprint density at radius 3 is 2.00 bits per heavy atom. The van der Waals surface area contributed by atoms with E-state index >= 15 is 0 Å². The third-order valence-corrected chi connectivity index (χ3v) is 12.8. The number of nitrogens with one attached hydrogen (secondary N) is 3. The van der Waals surface area contributed by atoms with Crippen molar-refractivity contribution in [3.8, 4) is 27.7 Å². The molecule has 5 aromatic rings. The smallest absolute Gasteiger partial charge is 0.246 e. The fourth-order valence-corrected chi connectivity index (χ4v) is 9.06. The zero-order valence-electron chi connectivity index (χ0n) is 38.4. The lowest BCUT2D eigenvalue weighted by atomic mass is 9.85. The van der Waals surface area contributed by atoms with E-state index in [1.807, 2.05) is 106 Å². The van der Waals surface area contributed by atoms with Gasteiger partial charge in [-0.3, -0.25) is 19.2 Å². The second-order valence-corrected chi connectivity index (χ2v) is 19.0. The van der Waals surface area contributed by atoms with E-state index in [-0.39, 0.29) is 74.7 Å². The number of phenolic OH excluding ortho intramolecular Hbond substituents is 2. The summed E-state index contributed by atoms with van der Waals surface area (Å²) in [6.07, 6.45) is 0.966. The molecule has 6 rings (SSSR count). The van der Waals surface area contributed by atoms with Gasteiger partial charge in [0.15, 0.2) is 0 Å². The van der Waals surface area contributed by atoms with E-state index < -0.39 is 29.5 Å². The van der Waals surface area contributed by atoms with Crippen LogP contribution in [0, 0.1) is 12.3 Å². The molecule has 4 aromatic carbocycles. The zero-order chi connectivity index (χ0) is 48.1. The molecular formula is C52H60ClN5O8S. The number of aryl methyl sites for hydroxylation is 1. The molecule has 0 spiro atoms. The number of halogens is 1. The molecular weight excluding hydrogens is 890 g/mol. The third-order valence-electron chi connectivity index (χ3n) is 11.6. The molecule has 4 amide bonds. The van der Waals surface area contributed by atoms with E-state index in [1.165, 1.54) is 4.90 Å². The highest BCUT2D eigenvalue weighted by Gasteiger charge is 2.44. The Labute approximate surface area is 401 Å². The van der Waals surface area contributed by atoms with Crippen LogP contribution in [-0.2, 0) is 25.7 Å². The first-order valence-corrected chi connectivity index (χ1v) is 24.0. The third kappa shape index (κ3) is 13.9. The van der Waals surface area contributed by atoms with Crippen molar-refractivity contribution in [2.75, 3.05) is 25.6 Å². The topological polar surface area (TPSA) is 190 Å². The van der Waals surface area contributed by atoms with Gasteiger partial charge in [-0.15, -0.1) is 22.9 Å². The summed E-state index contributed by atoms with van der Waals surface area (Å²) in [4.78, 5) is 60.1. The molecule has 3 atom stereocenters. The lowest BCUT2D eigenvalue weighted by Gasteiger charge is -2.35. The second-order valence-electron chi connectivity index (χ2n) is 17.8. The highest BCUT2D eigenvalue weighted by atomic mass is 35.5. The first kappa shape index (κ1) is 50.2. The average Bonchev–Trinajstić information content (AvgIpc) is 3.93. The number of alkyl halides is 1. The number of ether oxygens (including phenoxy) is 1. The number of amides is 4. The Hall–Kier alpha value is -6.22. The quantitative estimate of drug-likeness (QED) is 0.0255. The molecule has 1 unspecified atom stereocenters. The van der Waals surface area contributed by atoms with E-state index in [0.717, 1.165) is 49.5 Å². The fraction of sp³-hybridized carbons (Fsp3) is 0.365. The van der Waals surface area contributed by atoms with Gasteiger partial charge in [-0.1, -0.05) is 81.4 Å². The van der Waals surface area contributed by atoms with Gasteiger partial charge >= 0.3 is 0 Å². The van der Waals surface area contributed by atoms with Gasteiger partial charge in [0.05, 0.1) is 28.7 Å². The summed E-state index contributed by atoms with van der Waals surface area (Å²) in [6.45, 7) is 8.22. The van der Waals surface area contributed by atoms with Gasteiger partial charge in [0.1, 0.15) is 35.9 Å². The molecule has 1 aromatic heterocycles. The van der Waals surface area contributed by atoms with Crippen molar-refractivity contribution in [3.63, 3.8) is 0 Å². The SMILES string of the molecule is Cc1ncsc1-c1ccc(CNC(=O)[C@@H]2C[C@@H](O)CN2C(=O)C(NC(=O)CCCCC(=O)NCCOc2ccc(C(=C(CCCl)c3ccc(O)cc3)c3ccc(O)cc3)cc2)C(C)(C)C)cc1.